The molecule has 0 aromatic rings. The summed E-state index contributed by atoms with van der Waals surface area (Å²) in [6, 6.07) is -0.912. The van der Waals surface area contributed by atoms with Crippen molar-refractivity contribution >= 4 is 5.91 Å². The number of hydrogen-bond acceptors (Lipinski definition) is 6. The first kappa shape index (κ1) is 42.3. The molecular formula is C38H76N2O5. The number of unbranched alkanes of at least 4 members (excludes halogenated alkanes) is 25. The van der Waals surface area contributed by atoms with Crippen LogP contribution in [-0.4, -0.2) is 69.9 Å². The number of carbonyl (C=O) groups excluding carboxylic acids is 1. The van der Waals surface area contributed by atoms with Crippen molar-refractivity contribution in [1.82, 2.24) is 4.90 Å². The highest BCUT2D eigenvalue weighted by atomic mass is 16.5. The van der Waals surface area contributed by atoms with E-state index in [1.165, 1.54) is 135 Å². The molecule has 0 spiro atoms. The van der Waals surface area contributed by atoms with E-state index >= 15 is 0 Å². The first-order valence-corrected chi connectivity index (χ1v) is 19.6. The Bertz CT molecular complexity index is 664. The van der Waals surface area contributed by atoms with Gasteiger partial charge in [-0.1, -0.05) is 174 Å². The largest absolute Gasteiger partial charge is 0.394 e. The molecule has 1 heterocycles. The van der Waals surface area contributed by atoms with Crippen LogP contribution >= 0.6 is 0 Å². The van der Waals surface area contributed by atoms with Gasteiger partial charge in [0, 0.05) is 13.0 Å². The van der Waals surface area contributed by atoms with Gasteiger partial charge in [0.25, 0.3) is 0 Å². The number of carbonyl (C=O) groups is 1. The van der Waals surface area contributed by atoms with Crippen molar-refractivity contribution in [2.24, 2.45) is 5.73 Å². The summed E-state index contributed by atoms with van der Waals surface area (Å²) >= 11 is 0. The molecule has 1 aliphatic heterocycles. The summed E-state index contributed by atoms with van der Waals surface area (Å²) in [4.78, 5) is 15.1. The van der Waals surface area contributed by atoms with Crippen LogP contribution in [0.15, 0.2) is 0 Å². The van der Waals surface area contributed by atoms with Crippen LogP contribution in [0.25, 0.3) is 0 Å². The topological polar surface area (TPSA) is 116 Å². The Kier molecular flexibility index (Phi) is 27.6. The van der Waals surface area contributed by atoms with Crippen molar-refractivity contribution in [1.29, 1.82) is 0 Å². The van der Waals surface area contributed by atoms with E-state index in [4.69, 9.17) is 10.5 Å². The van der Waals surface area contributed by atoms with Crippen LogP contribution in [0.5, 0.6) is 0 Å². The first-order chi connectivity index (χ1) is 22.0. The zero-order chi connectivity index (χ0) is 33.0. The normalized spacial score (nSPS) is 21.8. The smallest absolute Gasteiger partial charge is 0.224 e. The highest BCUT2D eigenvalue weighted by Gasteiger charge is 2.45. The van der Waals surface area contributed by atoms with Gasteiger partial charge in [0.05, 0.1) is 12.6 Å². The van der Waals surface area contributed by atoms with Gasteiger partial charge in [0.15, 0.2) is 6.23 Å². The Hall–Kier alpha value is -0.730. The molecule has 7 heteroatoms. The highest BCUT2D eigenvalue weighted by molar-refractivity contribution is 5.76. The summed E-state index contributed by atoms with van der Waals surface area (Å²) in [6.07, 6.45) is 30.3. The predicted molar refractivity (Wildman–Crippen MR) is 188 cm³/mol. The summed E-state index contributed by atoms with van der Waals surface area (Å²) in [7, 11) is 0. The standard InChI is InChI=1S/C38H76N2O5/c1-3-5-7-9-11-13-15-16-17-18-19-21-23-25-27-29-31-40(38-35(39)37(44)36(43)33(32-41)45-38)34(42)30-28-26-24-22-20-14-12-10-8-6-4-2/h33,35-38,41,43-44H,3-32,39H2,1-2H3/t33-,35-,36+,37-,38-/m1/s1. The summed E-state index contributed by atoms with van der Waals surface area (Å²) in [5.41, 5.74) is 6.28. The van der Waals surface area contributed by atoms with E-state index in [2.05, 4.69) is 13.8 Å². The van der Waals surface area contributed by atoms with Crippen LogP contribution < -0.4 is 5.73 Å². The van der Waals surface area contributed by atoms with Crippen molar-refractivity contribution in [2.75, 3.05) is 13.2 Å². The second kappa shape index (κ2) is 29.4. The second-order valence-corrected chi connectivity index (χ2v) is 14.0. The monoisotopic (exact) mass is 641 g/mol. The van der Waals surface area contributed by atoms with E-state index in [0.717, 1.165) is 38.5 Å². The molecular weight excluding hydrogens is 564 g/mol. The maximum Gasteiger partial charge on any atom is 0.224 e. The Morgan fingerprint density at radius 3 is 1.31 bits per heavy atom. The maximum atomic E-state index is 13.4. The van der Waals surface area contributed by atoms with E-state index in [1.807, 2.05) is 0 Å². The molecule has 1 saturated heterocycles. The average molecular weight is 641 g/mol. The summed E-state index contributed by atoms with van der Waals surface area (Å²) in [6.45, 7) is 4.62. The van der Waals surface area contributed by atoms with E-state index < -0.39 is 37.2 Å². The molecule has 0 aliphatic carbocycles. The lowest BCUT2D eigenvalue weighted by atomic mass is 9.95. The Morgan fingerprint density at radius 2 is 0.933 bits per heavy atom. The minimum absolute atomic E-state index is 0.00684. The molecule has 0 aromatic carbocycles. The van der Waals surface area contributed by atoms with Crippen molar-refractivity contribution < 1.29 is 24.9 Å². The summed E-state index contributed by atoms with van der Waals surface area (Å²) in [5, 5.41) is 30.5. The van der Waals surface area contributed by atoms with Crippen LogP contribution in [0.4, 0.5) is 0 Å². The molecule has 0 radical (unpaired) electrons. The number of hydrogen-bond donors (Lipinski definition) is 4. The van der Waals surface area contributed by atoms with Gasteiger partial charge in [-0.05, 0) is 12.8 Å². The van der Waals surface area contributed by atoms with Crippen molar-refractivity contribution in [3.8, 4) is 0 Å². The number of amides is 1. The third-order valence-electron chi connectivity index (χ3n) is 9.82. The van der Waals surface area contributed by atoms with Gasteiger partial charge in [-0.25, -0.2) is 0 Å². The third-order valence-corrected chi connectivity index (χ3v) is 9.82. The fourth-order valence-electron chi connectivity index (χ4n) is 6.71. The highest BCUT2D eigenvalue weighted by Crippen LogP contribution is 2.24. The molecule has 45 heavy (non-hydrogen) atoms. The molecule has 0 saturated carbocycles. The van der Waals surface area contributed by atoms with E-state index in [0.29, 0.717) is 13.0 Å². The van der Waals surface area contributed by atoms with Gasteiger partial charge in [0.2, 0.25) is 5.91 Å². The van der Waals surface area contributed by atoms with Gasteiger partial charge in [-0.3, -0.25) is 4.79 Å². The van der Waals surface area contributed by atoms with Crippen LogP contribution in [0.2, 0.25) is 0 Å². The van der Waals surface area contributed by atoms with Gasteiger partial charge in [0.1, 0.15) is 18.3 Å². The average Bonchev–Trinajstić information content (AvgIpc) is 3.04. The van der Waals surface area contributed by atoms with Crippen LogP contribution in [-0.2, 0) is 9.53 Å². The van der Waals surface area contributed by atoms with E-state index in [-0.39, 0.29) is 5.91 Å². The molecule has 0 unspecified atom stereocenters. The van der Waals surface area contributed by atoms with Crippen LogP contribution in [0, 0.1) is 0 Å². The molecule has 5 atom stereocenters. The zero-order valence-electron chi connectivity index (χ0n) is 29.8. The Morgan fingerprint density at radius 1 is 0.578 bits per heavy atom. The maximum absolute atomic E-state index is 13.4. The number of aliphatic hydroxyl groups is 3. The molecule has 1 rings (SSSR count). The minimum atomic E-state index is -1.26. The van der Waals surface area contributed by atoms with Crippen molar-refractivity contribution in [3.63, 3.8) is 0 Å². The molecule has 0 bridgehead atoms. The number of nitrogens with zero attached hydrogens (tertiary/aromatic N) is 1. The summed E-state index contributed by atoms with van der Waals surface area (Å²) in [5.74, 6) is -0.00684. The summed E-state index contributed by atoms with van der Waals surface area (Å²) < 4.78 is 5.92. The third kappa shape index (κ3) is 20.3. The number of aliphatic hydroxyl groups excluding tert-OH is 3. The van der Waals surface area contributed by atoms with Gasteiger partial charge >= 0.3 is 0 Å². The fraction of sp³-hybridized carbons (Fsp3) is 0.974. The van der Waals surface area contributed by atoms with Gasteiger partial charge in [-0.2, -0.15) is 0 Å². The quantitative estimate of drug-likeness (QED) is 0.0565. The minimum Gasteiger partial charge on any atom is -0.394 e. The van der Waals surface area contributed by atoms with Gasteiger partial charge < -0.3 is 30.7 Å². The van der Waals surface area contributed by atoms with Crippen LogP contribution in [0.3, 0.4) is 0 Å². The molecule has 7 nitrogen and oxygen atoms in total. The molecule has 0 aromatic heterocycles. The van der Waals surface area contributed by atoms with Gasteiger partial charge in [-0.15, -0.1) is 0 Å². The molecule has 5 N–H and O–H groups in total. The second-order valence-electron chi connectivity index (χ2n) is 14.0. The SMILES string of the molecule is CCCCCCCCCCCCCCCCCCN(C(=O)CCCCCCCCCCCCC)[C@@H]1O[C@H](CO)[C@H](O)[C@H](O)[C@H]1N. The number of ether oxygens (including phenoxy) is 1. The Balaban J connectivity index is 2.32. The van der Waals surface area contributed by atoms with E-state index in [9.17, 15) is 20.1 Å². The fourth-order valence-corrected chi connectivity index (χ4v) is 6.71. The lowest BCUT2D eigenvalue weighted by Crippen LogP contribution is -2.67. The van der Waals surface area contributed by atoms with Crippen molar-refractivity contribution in [2.45, 2.75) is 224 Å². The number of rotatable bonds is 31. The number of nitrogens with two attached hydrogens (primary N) is 1. The predicted octanol–water partition coefficient (Wildman–Crippen LogP) is 8.54. The molecule has 268 valence electrons. The molecule has 1 fully saturated rings. The first-order valence-electron chi connectivity index (χ1n) is 19.6. The molecule has 1 amide bonds. The molecule has 1 aliphatic rings. The lowest BCUT2D eigenvalue weighted by molar-refractivity contribution is -0.226. The van der Waals surface area contributed by atoms with E-state index in [1.54, 1.807) is 4.90 Å². The Labute approximate surface area is 278 Å². The van der Waals surface area contributed by atoms with Crippen molar-refractivity contribution in [3.05, 3.63) is 0 Å². The van der Waals surface area contributed by atoms with Crippen LogP contribution in [0.1, 0.15) is 194 Å². The lowest BCUT2D eigenvalue weighted by Gasteiger charge is -2.45. The zero-order valence-corrected chi connectivity index (χ0v) is 29.8.